The number of hydrogen-bond acceptors (Lipinski definition) is 4. The Bertz CT molecular complexity index is 362. The summed E-state index contributed by atoms with van der Waals surface area (Å²) in [5, 5.41) is 3.60. The van der Waals surface area contributed by atoms with Crippen LogP contribution in [-0.2, 0) is 9.47 Å². The molecule has 2 aliphatic rings. The minimum atomic E-state index is 0.394. The van der Waals surface area contributed by atoms with Crippen molar-refractivity contribution in [2.45, 2.75) is 38.2 Å². The van der Waals surface area contributed by atoms with E-state index in [4.69, 9.17) is 9.47 Å². The summed E-state index contributed by atoms with van der Waals surface area (Å²) < 4.78 is 11.0. The summed E-state index contributed by atoms with van der Waals surface area (Å²) in [5.41, 5.74) is 0. The molecule has 6 heteroatoms. The summed E-state index contributed by atoms with van der Waals surface area (Å²) in [6.45, 7) is 7.14. The Hall–Kier alpha value is -0.850. The summed E-state index contributed by atoms with van der Waals surface area (Å²) in [6.07, 6.45) is 6.13. The standard InChI is InChI=1S/C18H36N4O2/c1-19-18(20-15-16-5-9-21(2)10-6-16)22-11-7-17(8-12-22)24-14-4-13-23-3/h16-17H,4-15H2,1-3H3,(H,19,20). The first-order valence-corrected chi connectivity index (χ1v) is 9.47. The van der Waals surface area contributed by atoms with Gasteiger partial charge in [-0.25, -0.2) is 0 Å². The summed E-state index contributed by atoms with van der Waals surface area (Å²) in [7, 11) is 5.84. The quantitative estimate of drug-likeness (QED) is 0.431. The second kappa shape index (κ2) is 10.9. The maximum atomic E-state index is 5.94. The fourth-order valence-electron chi connectivity index (χ4n) is 3.52. The molecule has 0 radical (unpaired) electrons. The van der Waals surface area contributed by atoms with E-state index in [0.717, 1.165) is 64.0 Å². The van der Waals surface area contributed by atoms with E-state index < -0.39 is 0 Å². The molecule has 2 heterocycles. The number of hydrogen-bond donors (Lipinski definition) is 1. The van der Waals surface area contributed by atoms with E-state index in [1.165, 1.54) is 25.9 Å². The van der Waals surface area contributed by atoms with Crippen molar-refractivity contribution in [2.75, 3.05) is 67.1 Å². The lowest BCUT2D eigenvalue weighted by Gasteiger charge is -2.35. The molecule has 0 aromatic carbocycles. The van der Waals surface area contributed by atoms with Crippen LogP contribution in [0.25, 0.3) is 0 Å². The Morgan fingerprint density at radius 1 is 1.08 bits per heavy atom. The highest BCUT2D eigenvalue weighted by Crippen LogP contribution is 2.16. The average Bonchev–Trinajstić information content (AvgIpc) is 2.62. The summed E-state index contributed by atoms with van der Waals surface area (Å²) in [4.78, 5) is 9.28. The first kappa shape index (κ1) is 19.5. The average molecular weight is 341 g/mol. The SMILES string of the molecule is CN=C(NCC1CCN(C)CC1)N1CCC(OCCCOC)CC1. The molecule has 0 aromatic rings. The zero-order chi connectivity index (χ0) is 17.2. The smallest absolute Gasteiger partial charge is 0.193 e. The molecule has 0 atom stereocenters. The fraction of sp³-hybridized carbons (Fsp3) is 0.944. The lowest BCUT2D eigenvalue weighted by molar-refractivity contribution is 0.00986. The van der Waals surface area contributed by atoms with E-state index in [0.29, 0.717) is 6.10 Å². The van der Waals surface area contributed by atoms with Gasteiger partial charge in [-0.3, -0.25) is 4.99 Å². The summed E-state index contributed by atoms with van der Waals surface area (Å²) in [5.74, 6) is 1.84. The summed E-state index contributed by atoms with van der Waals surface area (Å²) in [6, 6.07) is 0. The van der Waals surface area contributed by atoms with Gasteiger partial charge in [0.25, 0.3) is 0 Å². The maximum Gasteiger partial charge on any atom is 0.193 e. The first-order chi connectivity index (χ1) is 11.7. The molecule has 0 spiro atoms. The lowest BCUT2D eigenvalue weighted by Crippen LogP contribution is -2.48. The van der Waals surface area contributed by atoms with Crippen molar-refractivity contribution in [1.29, 1.82) is 0 Å². The Labute approximate surface area is 147 Å². The van der Waals surface area contributed by atoms with E-state index in [2.05, 4.69) is 27.2 Å². The molecule has 6 nitrogen and oxygen atoms in total. The van der Waals surface area contributed by atoms with E-state index >= 15 is 0 Å². The highest BCUT2D eigenvalue weighted by molar-refractivity contribution is 5.79. The van der Waals surface area contributed by atoms with Gasteiger partial charge in [-0.2, -0.15) is 0 Å². The minimum absolute atomic E-state index is 0.394. The maximum absolute atomic E-state index is 5.94. The highest BCUT2D eigenvalue weighted by Gasteiger charge is 2.23. The minimum Gasteiger partial charge on any atom is -0.385 e. The van der Waals surface area contributed by atoms with Crippen LogP contribution in [0.1, 0.15) is 32.1 Å². The van der Waals surface area contributed by atoms with Crippen molar-refractivity contribution in [1.82, 2.24) is 15.1 Å². The molecule has 0 unspecified atom stereocenters. The number of nitrogens with zero attached hydrogens (tertiary/aromatic N) is 3. The molecule has 0 saturated carbocycles. The van der Waals surface area contributed by atoms with Crippen molar-refractivity contribution in [3.63, 3.8) is 0 Å². The first-order valence-electron chi connectivity index (χ1n) is 9.47. The molecule has 24 heavy (non-hydrogen) atoms. The number of aliphatic imine (C=N–C) groups is 1. The van der Waals surface area contributed by atoms with Gasteiger partial charge in [0.2, 0.25) is 0 Å². The van der Waals surface area contributed by atoms with Crippen molar-refractivity contribution >= 4 is 5.96 Å². The van der Waals surface area contributed by atoms with Gasteiger partial charge >= 0.3 is 0 Å². The second-order valence-electron chi connectivity index (χ2n) is 7.08. The monoisotopic (exact) mass is 340 g/mol. The largest absolute Gasteiger partial charge is 0.385 e. The van der Waals surface area contributed by atoms with E-state index in [1.807, 2.05) is 7.05 Å². The van der Waals surface area contributed by atoms with Crippen LogP contribution >= 0.6 is 0 Å². The molecule has 0 aliphatic carbocycles. The van der Waals surface area contributed by atoms with Gasteiger partial charge in [-0.05, 0) is 58.2 Å². The Balaban J connectivity index is 1.64. The van der Waals surface area contributed by atoms with E-state index in [-0.39, 0.29) is 0 Å². The zero-order valence-corrected chi connectivity index (χ0v) is 15.8. The third kappa shape index (κ3) is 6.57. The van der Waals surface area contributed by atoms with E-state index in [1.54, 1.807) is 7.11 Å². The molecule has 0 amide bonds. The van der Waals surface area contributed by atoms with Crippen LogP contribution in [0, 0.1) is 5.92 Å². The van der Waals surface area contributed by atoms with Crippen LogP contribution in [0.3, 0.4) is 0 Å². The normalized spacial score (nSPS) is 22.1. The fourth-order valence-corrected chi connectivity index (χ4v) is 3.52. The molecule has 2 rings (SSSR count). The van der Waals surface area contributed by atoms with Gasteiger partial charge in [0.1, 0.15) is 0 Å². The second-order valence-corrected chi connectivity index (χ2v) is 7.08. The van der Waals surface area contributed by atoms with Gasteiger partial charge in [0.15, 0.2) is 5.96 Å². The molecule has 1 N–H and O–H groups in total. The lowest BCUT2D eigenvalue weighted by atomic mass is 9.97. The number of piperidine rings is 2. The highest BCUT2D eigenvalue weighted by atomic mass is 16.5. The van der Waals surface area contributed by atoms with Crippen LogP contribution in [-0.4, -0.2) is 89.0 Å². The van der Waals surface area contributed by atoms with Gasteiger partial charge in [0, 0.05) is 47.0 Å². The molecular weight excluding hydrogens is 304 g/mol. The number of methoxy groups -OCH3 is 1. The van der Waals surface area contributed by atoms with Gasteiger partial charge in [-0.1, -0.05) is 0 Å². The third-order valence-corrected chi connectivity index (χ3v) is 5.19. The van der Waals surface area contributed by atoms with Crippen LogP contribution in [0.5, 0.6) is 0 Å². The van der Waals surface area contributed by atoms with Crippen molar-refractivity contribution in [3.05, 3.63) is 0 Å². The molecule has 2 saturated heterocycles. The van der Waals surface area contributed by atoms with Crippen LogP contribution in [0.4, 0.5) is 0 Å². The van der Waals surface area contributed by atoms with Gasteiger partial charge in [-0.15, -0.1) is 0 Å². The number of likely N-dealkylation sites (tertiary alicyclic amines) is 2. The number of ether oxygens (including phenoxy) is 2. The number of guanidine groups is 1. The molecule has 0 bridgehead atoms. The van der Waals surface area contributed by atoms with Gasteiger partial charge in [0.05, 0.1) is 6.10 Å². The zero-order valence-electron chi connectivity index (χ0n) is 15.8. The predicted octanol–water partition coefficient (Wildman–Crippen LogP) is 1.42. The van der Waals surface area contributed by atoms with Crippen LogP contribution < -0.4 is 5.32 Å². The Morgan fingerprint density at radius 2 is 1.79 bits per heavy atom. The Morgan fingerprint density at radius 3 is 2.42 bits per heavy atom. The van der Waals surface area contributed by atoms with Crippen LogP contribution in [0.2, 0.25) is 0 Å². The number of nitrogens with one attached hydrogen (secondary N) is 1. The van der Waals surface area contributed by atoms with Crippen molar-refractivity contribution in [2.24, 2.45) is 10.9 Å². The topological polar surface area (TPSA) is 49.3 Å². The summed E-state index contributed by atoms with van der Waals surface area (Å²) >= 11 is 0. The molecule has 0 aromatic heterocycles. The third-order valence-electron chi connectivity index (χ3n) is 5.19. The van der Waals surface area contributed by atoms with Gasteiger partial charge < -0.3 is 24.6 Å². The van der Waals surface area contributed by atoms with Crippen LogP contribution in [0.15, 0.2) is 4.99 Å². The van der Waals surface area contributed by atoms with E-state index in [9.17, 15) is 0 Å². The predicted molar refractivity (Wildman–Crippen MR) is 98.6 cm³/mol. The Kier molecular flexibility index (Phi) is 8.84. The van der Waals surface area contributed by atoms with Crippen molar-refractivity contribution < 1.29 is 9.47 Å². The molecule has 2 aliphatic heterocycles. The van der Waals surface area contributed by atoms with Crippen molar-refractivity contribution in [3.8, 4) is 0 Å². The molecular formula is C18H36N4O2. The number of rotatable bonds is 7. The molecule has 2 fully saturated rings. The molecule has 140 valence electrons.